The van der Waals surface area contributed by atoms with Crippen LogP contribution in [0.1, 0.15) is 39.0 Å². The number of benzene rings is 2. The van der Waals surface area contributed by atoms with Crippen molar-refractivity contribution in [1.29, 1.82) is 0 Å². The van der Waals surface area contributed by atoms with E-state index in [2.05, 4.69) is 5.32 Å². The van der Waals surface area contributed by atoms with Gasteiger partial charge in [-0.25, -0.2) is 13.2 Å². The number of hydrogen-bond donors (Lipinski definition) is 1. The number of piperidine rings is 1. The second-order valence-corrected chi connectivity index (χ2v) is 10.3. The SMILES string of the molecule is CCCn1c(=O)n(CCC(=O)Nc2ccc(S(=O)(=O)N3CCCCC3)cc2)c2ccccc21. The number of aromatic nitrogens is 2. The third-order valence-electron chi connectivity index (χ3n) is 6.03. The topological polar surface area (TPSA) is 93.4 Å². The summed E-state index contributed by atoms with van der Waals surface area (Å²) in [7, 11) is -3.50. The van der Waals surface area contributed by atoms with Crippen molar-refractivity contribution in [1.82, 2.24) is 13.4 Å². The number of imidazole rings is 1. The maximum Gasteiger partial charge on any atom is 0.329 e. The maximum atomic E-state index is 12.8. The highest BCUT2D eigenvalue weighted by molar-refractivity contribution is 7.89. The number of carbonyl (C=O) groups excluding carboxylic acids is 1. The van der Waals surface area contributed by atoms with E-state index >= 15 is 0 Å². The molecule has 1 amide bonds. The average molecular weight is 471 g/mol. The summed E-state index contributed by atoms with van der Waals surface area (Å²) in [6, 6.07) is 13.9. The van der Waals surface area contributed by atoms with Gasteiger partial charge < -0.3 is 5.32 Å². The van der Waals surface area contributed by atoms with Gasteiger partial charge >= 0.3 is 5.69 Å². The standard InChI is InChI=1S/C24H30N4O4S/c1-2-15-27-21-8-4-5-9-22(21)28(24(27)30)18-14-23(29)25-19-10-12-20(13-11-19)33(31,32)26-16-6-3-7-17-26/h4-5,8-13H,2-3,6-7,14-18H2,1H3,(H,25,29). The van der Waals surface area contributed by atoms with Crippen molar-refractivity contribution in [3.05, 3.63) is 59.0 Å². The van der Waals surface area contributed by atoms with Crippen LogP contribution in [-0.2, 0) is 27.9 Å². The summed E-state index contributed by atoms with van der Waals surface area (Å²) in [4.78, 5) is 25.6. The molecule has 1 aliphatic heterocycles. The minimum Gasteiger partial charge on any atom is -0.326 e. The zero-order valence-corrected chi connectivity index (χ0v) is 19.7. The molecule has 3 aromatic rings. The monoisotopic (exact) mass is 470 g/mol. The predicted molar refractivity (Wildman–Crippen MR) is 129 cm³/mol. The number of amides is 1. The Bertz CT molecular complexity index is 1290. The fraction of sp³-hybridized carbons (Fsp3) is 0.417. The first-order valence-corrected chi connectivity index (χ1v) is 12.9. The minimum absolute atomic E-state index is 0.113. The number of nitrogens with zero attached hydrogens (tertiary/aromatic N) is 3. The number of hydrogen-bond acceptors (Lipinski definition) is 4. The summed E-state index contributed by atoms with van der Waals surface area (Å²) in [5.74, 6) is -0.235. The van der Waals surface area contributed by atoms with Gasteiger partial charge in [0.05, 0.1) is 15.9 Å². The van der Waals surface area contributed by atoms with Crippen LogP contribution in [-0.4, -0.2) is 40.9 Å². The van der Waals surface area contributed by atoms with Gasteiger partial charge in [0.1, 0.15) is 0 Å². The smallest absolute Gasteiger partial charge is 0.326 e. The molecule has 0 radical (unpaired) electrons. The fourth-order valence-corrected chi connectivity index (χ4v) is 5.85. The molecule has 2 heterocycles. The van der Waals surface area contributed by atoms with Crippen LogP contribution in [0, 0.1) is 0 Å². The van der Waals surface area contributed by atoms with Crippen LogP contribution >= 0.6 is 0 Å². The Hall–Kier alpha value is -2.91. The number of aryl methyl sites for hydroxylation is 2. The maximum absolute atomic E-state index is 12.8. The minimum atomic E-state index is -3.50. The molecular weight excluding hydrogens is 440 g/mol. The second-order valence-electron chi connectivity index (χ2n) is 8.36. The van der Waals surface area contributed by atoms with Crippen molar-refractivity contribution in [2.75, 3.05) is 18.4 Å². The van der Waals surface area contributed by atoms with Crippen molar-refractivity contribution in [3.63, 3.8) is 0 Å². The first-order chi connectivity index (χ1) is 15.9. The Balaban J connectivity index is 1.42. The van der Waals surface area contributed by atoms with Gasteiger partial charge in [0.25, 0.3) is 0 Å². The number of nitrogens with one attached hydrogen (secondary N) is 1. The molecule has 1 aromatic heterocycles. The lowest BCUT2D eigenvalue weighted by Gasteiger charge is -2.25. The summed E-state index contributed by atoms with van der Waals surface area (Å²) in [5.41, 5.74) is 2.10. The van der Waals surface area contributed by atoms with Crippen LogP contribution in [0.2, 0.25) is 0 Å². The molecule has 1 fully saturated rings. The molecule has 176 valence electrons. The van der Waals surface area contributed by atoms with E-state index in [0.717, 1.165) is 36.7 Å². The normalized spacial score (nSPS) is 15.1. The molecule has 33 heavy (non-hydrogen) atoms. The molecule has 1 N–H and O–H groups in total. The Labute approximate surface area is 193 Å². The third kappa shape index (κ3) is 4.89. The molecule has 0 aliphatic carbocycles. The zero-order chi connectivity index (χ0) is 23.4. The van der Waals surface area contributed by atoms with Gasteiger partial charge in [-0.1, -0.05) is 25.5 Å². The fourth-order valence-electron chi connectivity index (χ4n) is 4.33. The molecule has 9 heteroatoms. The number of sulfonamides is 1. The molecule has 0 unspecified atom stereocenters. The molecule has 1 saturated heterocycles. The van der Waals surface area contributed by atoms with Crippen LogP contribution in [0.5, 0.6) is 0 Å². The molecule has 2 aromatic carbocycles. The van der Waals surface area contributed by atoms with E-state index in [1.807, 2.05) is 31.2 Å². The van der Waals surface area contributed by atoms with Crippen molar-refractivity contribution < 1.29 is 13.2 Å². The Morgan fingerprint density at radius 3 is 2.12 bits per heavy atom. The van der Waals surface area contributed by atoms with Gasteiger partial charge in [-0.2, -0.15) is 4.31 Å². The lowest BCUT2D eigenvalue weighted by Crippen LogP contribution is -2.35. The van der Waals surface area contributed by atoms with Gasteiger partial charge in [0.2, 0.25) is 15.9 Å². The largest absolute Gasteiger partial charge is 0.329 e. The third-order valence-corrected chi connectivity index (χ3v) is 7.94. The zero-order valence-electron chi connectivity index (χ0n) is 18.9. The number of fused-ring (bicyclic) bond motifs is 1. The summed E-state index contributed by atoms with van der Waals surface area (Å²) in [5, 5.41) is 2.80. The number of para-hydroxylation sites is 2. The molecule has 0 saturated carbocycles. The summed E-state index contributed by atoms with van der Waals surface area (Å²) in [6.07, 6.45) is 3.80. The van der Waals surface area contributed by atoms with Gasteiger partial charge in [-0.15, -0.1) is 0 Å². The number of anilines is 1. The molecular formula is C24H30N4O4S. The van der Waals surface area contributed by atoms with E-state index in [1.54, 1.807) is 21.3 Å². The van der Waals surface area contributed by atoms with Crippen molar-refractivity contribution in [2.24, 2.45) is 0 Å². The number of rotatable bonds is 8. The molecule has 1 aliphatic rings. The molecule has 0 atom stereocenters. The van der Waals surface area contributed by atoms with Crippen LogP contribution < -0.4 is 11.0 Å². The quantitative estimate of drug-likeness (QED) is 0.546. The van der Waals surface area contributed by atoms with Crippen LogP contribution in [0.15, 0.2) is 58.2 Å². The molecule has 4 rings (SSSR count). The Morgan fingerprint density at radius 2 is 1.52 bits per heavy atom. The molecule has 8 nitrogen and oxygen atoms in total. The highest BCUT2D eigenvalue weighted by Gasteiger charge is 2.25. The Morgan fingerprint density at radius 1 is 0.909 bits per heavy atom. The summed E-state index contributed by atoms with van der Waals surface area (Å²) >= 11 is 0. The molecule has 0 bridgehead atoms. The van der Waals surface area contributed by atoms with E-state index in [4.69, 9.17) is 0 Å². The first kappa shape index (κ1) is 23.3. The van der Waals surface area contributed by atoms with Gasteiger partial charge in [-0.05, 0) is 55.7 Å². The Kier molecular flexibility index (Phi) is 6.99. The number of carbonyl (C=O) groups is 1. The van der Waals surface area contributed by atoms with E-state index in [1.165, 1.54) is 16.4 Å². The second kappa shape index (κ2) is 9.93. The van der Waals surface area contributed by atoms with Gasteiger partial charge in [0, 0.05) is 38.3 Å². The van der Waals surface area contributed by atoms with Crippen molar-refractivity contribution in [2.45, 2.75) is 57.0 Å². The van der Waals surface area contributed by atoms with E-state index in [9.17, 15) is 18.0 Å². The van der Waals surface area contributed by atoms with E-state index < -0.39 is 10.0 Å². The predicted octanol–water partition coefficient (Wildman–Crippen LogP) is 3.42. The highest BCUT2D eigenvalue weighted by Crippen LogP contribution is 2.22. The van der Waals surface area contributed by atoms with Gasteiger partial charge in [0.15, 0.2) is 0 Å². The lowest BCUT2D eigenvalue weighted by atomic mass is 10.2. The van der Waals surface area contributed by atoms with Crippen LogP contribution in [0.3, 0.4) is 0 Å². The lowest BCUT2D eigenvalue weighted by molar-refractivity contribution is -0.116. The first-order valence-electron chi connectivity index (χ1n) is 11.5. The van der Waals surface area contributed by atoms with E-state index in [0.29, 0.717) is 25.3 Å². The van der Waals surface area contributed by atoms with Crippen LogP contribution in [0.25, 0.3) is 11.0 Å². The highest BCUT2D eigenvalue weighted by atomic mass is 32.2. The van der Waals surface area contributed by atoms with Crippen molar-refractivity contribution >= 4 is 32.7 Å². The van der Waals surface area contributed by atoms with E-state index in [-0.39, 0.29) is 29.5 Å². The summed E-state index contributed by atoms with van der Waals surface area (Å²) in [6.45, 7) is 4.02. The average Bonchev–Trinajstić information content (AvgIpc) is 3.10. The molecule has 0 spiro atoms. The summed E-state index contributed by atoms with van der Waals surface area (Å²) < 4.78 is 30.5. The van der Waals surface area contributed by atoms with Crippen molar-refractivity contribution in [3.8, 4) is 0 Å². The van der Waals surface area contributed by atoms with Crippen LogP contribution in [0.4, 0.5) is 5.69 Å². The van der Waals surface area contributed by atoms with Gasteiger partial charge in [-0.3, -0.25) is 13.9 Å².